The standard InChI is InChI=1S/C9H9ClN4S/c10-7-3-4-8-11-12-9(14(8)13-7)6-2-1-5-15-6/h3-4,6H,1-2,5H2. The van der Waals surface area contributed by atoms with Gasteiger partial charge in [-0.05, 0) is 30.7 Å². The van der Waals surface area contributed by atoms with E-state index in [1.54, 1.807) is 10.6 Å². The summed E-state index contributed by atoms with van der Waals surface area (Å²) in [6.07, 6.45) is 2.39. The van der Waals surface area contributed by atoms with Gasteiger partial charge < -0.3 is 0 Å². The molecule has 2 aromatic heterocycles. The van der Waals surface area contributed by atoms with Crippen molar-refractivity contribution in [2.45, 2.75) is 18.1 Å². The van der Waals surface area contributed by atoms with Crippen LogP contribution in [-0.4, -0.2) is 25.6 Å². The number of halogens is 1. The fraction of sp³-hybridized carbons (Fsp3) is 0.444. The van der Waals surface area contributed by atoms with Crippen LogP contribution in [0.1, 0.15) is 23.9 Å². The normalized spacial score (nSPS) is 21.3. The molecule has 1 aliphatic heterocycles. The van der Waals surface area contributed by atoms with Crippen LogP contribution >= 0.6 is 23.4 Å². The quantitative estimate of drug-likeness (QED) is 0.768. The fourth-order valence-corrected chi connectivity index (χ4v) is 3.15. The molecule has 0 bridgehead atoms. The van der Waals surface area contributed by atoms with Crippen LogP contribution in [0.4, 0.5) is 0 Å². The van der Waals surface area contributed by atoms with E-state index < -0.39 is 0 Å². The number of aromatic nitrogens is 4. The molecule has 6 heteroatoms. The fourth-order valence-electron chi connectivity index (χ4n) is 1.77. The minimum atomic E-state index is 0.422. The van der Waals surface area contributed by atoms with Gasteiger partial charge >= 0.3 is 0 Å². The maximum Gasteiger partial charge on any atom is 0.178 e. The summed E-state index contributed by atoms with van der Waals surface area (Å²) in [5.74, 6) is 2.12. The van der Waals surface area contributed by atoms with Crippen LogP contribution in [-0.2, 0) is 0 Å². The molecule has 0 aliphatic carbocycles. The monoisotopic (exact) mass is 240 g/mol. The van der Waals surface area contributed by atoms with Gasteiger partial charge in [-0.3, -0.25) is 0 Å². The minimum absolute atomic E-state index is 0.422. The molecule has 1 saturated heterocycles. The second-order valence-corrected chi connectivity index (χ2v) is 5.18. The highest BCUT2D eigenvalue weighted by atomic mass is 35.5. The first kappa shape index (κ1) is 9.42. The average molecular weight is 241 g/mol. The van der Waals surface area contributed by atoms with Crippen LogP contribution in [0.2, 0.25) is 5.15 Å². The average Bonchev–Trinajstić information content (AvgIpc) is 2.83. The van der Waals surface area contributed by atoms with Crippen molar-refractivity contribution in [3.05, 3.63) is 23.1 Å². The molecule has 2 aromatic rings. The molecule has 0 amide bonds. The summed E-state index contributed by atoms with van der Waals surface area (Å²) < 4.78 is 1.76. The molecular formula is C9H9ClN4S. The van der Waals surface area contributed by atoms with Gasteiger partial charge in [0.2, 0.25) is 0 Å². The van der Waals surface area contributed by atoms with Crippen molar-refractivity contribution in [1.82, 2.24) is 19.8 Å². The molecule has 0 radical (unpaired) electrons. The molecule has 15 heavy (non-hydrogen) atoms. The third-order valence-corrected chi connectivity index (χ3v) is 4.05. The number of hydrogen-bond acceptors (Lipinski definition) is 4. The van der Waals surface area contributed by atoms with Crippen LogP contribution in [0.15, 0.2) is 12.1 Å². The summed E-state index contributed by atoms with van der Waals surface area (Å²) in [6, 6.07) is 3.57. The summed E-state index contributed by atoms with van der Waals surface area (Å²) >= 11 is 7.77. The Labute approximate surface area is 96.0 Å². The molecule has 1 unspecified atom stereocenters. The molecule has 1 aliphatic rings. The molecule has 0 spiro atoms. The summed E-state index contributed by atoms with van der Waals surface area (Å²) in [6.45, 7) is 0. The van der Waals surface area contributed by atoms with Gasteiger partial charge in [-0.15, -0.1) is 10.2 Å². The summed E-state index contributed by atoms with van der Waals surface area (Å²) in [5, 5.41) is 13.4. The van der Waals surface area contributed by atoms with Gasteiger partial charge in [0, 0.05) is 0 Å². The highest BCUT2D eigenvalue weighted by Crippen LogP contribution is 2.38. The number of nitrogens with zero attached hydrogens (tertiary/aromatic N) is 4. The van der Waals surface area contributed by atoms with Crippen molar-refractivity contribution in [2.75, 3.05) is 5.75 Å². The van der Waals surface area contributed by atoms with E-state index in [4.69, 9.17) is 11.6 Å². The van der Waals surface area contributed by atoms with E-state index in [2.05, 4.69) is 15.3 Å². The van der Waals surface area contributed by atoms with Gasteiger partial charge in [0.25, 0.3) is 0 Å². The Balaban J connectivity index is 2.13. The lowest BCUT2D eigenvalue weighted by molar-refractivity contribution is 0.735. The smallest absolute Gasteiger partial charge is 0.178 e. The van der Waals surface area contributed by atoms with Crippen molar-refractivity contribution < 1.29 is 0 Å². The largest absolute Gasteiger partial charge is 0.195 e. The lowest BCUT2D eigenvalue weighted by Crippen LogP contribution is -2.01. The van der Waals surface area contributed by atoms with Crippen LogP contribution in [0, 0.1) is 0 Å². The maximum absolute atomic E-state index is 5.86. The van der Waals surface area contributed by atoms with Gasteiger partial charge in [-0.1, -0.05) is 11.6 Å². The molecule has 3 rings (SSSR count). The summed E-state index contributed by atoms with van der Waals surface area (Å²) in [7, 11) is 0. The molecular weight excluding hydrogens is 232 g/mol. The van der Waals surface area contributed by atoms with Crippen molar-refractivity contribution in [1.29, 1.82) is 0 Å². The first-order valence-corrected chi connectivity index (χ1v) is 6.27. The van der Waals surface area contributed by atoms with E-state index in [-0.39, 0.29) is 0 Å². The van der Waals surface area contributed by atoms with Gasteiger partial charge in [-0.25, -0.2) is 0 Å². The molecule has 1 atom stereocenters. The predicted molar refractivity (Wildman–Crippen MR) is 60.2 cm³/mol. The third kappa shape index (κ3) is 1.59. The van der Waals surface area contributed by atoms with Crippen LogP contribution in [0.3, 0.4) is 0 Å². The van der Waals surface area contributed by atoms with Gasteiger partial charge in [0.1, 0.15) is 5.15 Å². The second kappa shape index (κ2) is 3.64. The van der Waals surface area contributed by atoms with E-state index in [0.717, 1.165) is 17.9 Å². The Hall–Kier alpha value is -0.810. The van der Waals surface area contributed by atoms with Crippen LogP contribution in [0.25, 0.3) is 5.65 Å². The van der Waals surface area contributed by atoms with E-state index in [0.29, 0.717) is 10.4 Å². The highest BCUT2D eigenvalue weighted by molar-refractivity contribution is 7.99. The van der Waals surface area contributed by atoms with Gasteiger partial charge in [0.05, 0.1) is 5.25 Å². The van der Waals surface area contributed by atoms with Crippen LogP contribution < -0.4 is 0 Å². The predicted octanol–water partition coefficient (Wildman–Crippen LogP) is 2.35. The first-order chi connectivity index (χ1) is 7.34. The highest BCUT2D eigenvalue weighted by Gasteiger charge is 2.23. The molecule has 78 valence electrons. The zero-order valence-electron chi connectivity index (χ0n) is 7.93. The summed E-state index contributed by atoms with van der Waals surface area (Å²) in [5.41, 5.74) is 0.766. The number of hydrogen-bond donors (Lipinski definition) is 0. The molecule has 0 N–H and O–H groups in total. The van der Waals surface area contributed by atoms with Crippen molar-refractivity contribution in [3.63, 3.8) is 0 Å². The Kier molecular flexibility index (Phi) is 2.29. The lowest BCUT2D eigenvalue weighted by Gasteiger charge is -2.04. The van der Waals surface area contributed by atoms with E-state index >= 15 is 0 Å². The Bertz CT molecular complexity index is 492. The Morgan fingerprint density at radius 2 is 2.33 bits per heavy atom. The van der Waals surface area contributed by atoms with Gasteiger partial charge in [0.15, 0.2) is 11.5 Å². The zero-order chi connectivity index (χ0) is 10.3. The van der Waals surface area contributed by atoms with Crippen molar-refractivity contribution in [3.8, 4) is 0 Å². The van der Waals surface area contributed by atoms with E-state index in [1.807, 2.05) is 17.8 Å². The summed E-state index contributed by atoms with van der Waals surface area (Å²) in [4.78, 5) is 0. The number of fused-ring (bicyclic) bond motifs is 1. The Morgan fingerprint density at radius 1 is 1.40 bits per heavy atom. The Morgan fingerprint density at radius 3 is 3.13 bits per heavy atom. The molecule has 0 saturated carbocycles. The molecule has 1 fully saturated rings. The molecule has 4 nitrogen and oxygen atoms in total. The van der Waals surface area contributed by atoms with Crippen LogP contribution in [0.5, 0.6) is 0 Å². The zero-order valence-corrected chi connectivity index (χ0v) is 9.50. The van der Waals surface area contributed by atoms with E-state index in [1.165, 1.54) is 12.2 Å². The maximum atomic E-state index is 5.86. The van der Waals surface area contributed by atoms with Crippen molar-refractivity contribution in [2.24, 2.45) is 0 Å². The SMILES string of the molecule is Clc1ccc2nnc(C3CCCS3)n2n1. The van der Waals surface area contributed by atoms with Crippen molar-refractivity contribution >= 4 is 29.0 Å². The number of thioether (sulfide) groups is 1. The third-order valence-electron chi connectivity index (χ3n) is 2.47. The topological polar surface area (TPSA) is 43.1 Å². The van der Waals surface area contributed by atoms with E-state index in [9.17, 15) is 0 Å². The van der Waals surface area contributed by atoms with Gasteiger partial charge in [-0.2, -0.15) is 21.4 Å². The first-order valence-electron chi connectivity index (χ1n) is 4.84. The second-order valence-electron chi connectivity index (χ2n) is 3.49. The molecule has 0 aromatic carbocycles. The molecule has 3 heterocycles. The minimum Gasteiger partial charge on any atom is -0.195 e. The lowest BCUT2D eigenvalue weighted by atomic mass is 10.2. The number of rotatable bonds is 1.